The molecule has 7 heteroatoms. The Hall–Kier alpha value is -2.12. The van der Waals surface area contributed by atoms with Gasteiger partial charge in [0.05, 0.1) is 23.4 Å². The number of ether oxygens (including phenoxy) is 1. The lowest BCUT2D eigenvalue weighted by atomic mass is 10.1. The number of anilines is 1. The van der Waals surface area contributed by atoms with Gasteiger partial charge in [-0.3, -0.25) is 0 Å². The van der Waals surface area contributed by atoms with Crippen LogP contribution in [0.3, 0.4) is 0 Å². The van der Waals surface area contributed by atoms with Gasteiger partial charge in [0.25, 0.3) is 0 Å². The lowest BCUT2D eigenvalue weighted by molar-refractivity contribution is 0.0536. The first-order valence-electron chi connectivity index (χ1n) is 8.54. The summed E-state index contributed by atoms with van der Waals surface area (Å²) in [7, 11) is 0. The van der Waals surface area contributed by atoms with Crippen molar-refractivity contribution in [2.45, 2.75) is 33.0 Å². The molecule has 0 bridgehead atoms. The zero-order valence-electron chi connectivity index (χ0n) is 14.6. The molecule has 0 saturated carbocycles. The molecule has 2 aromatic heterocycles. The van der Waals surface area contributed by atoms with Gasteiger partial charge in [0, 0.05) is 35.2 Å². The number of halogens is 2. The van der Waals surface area contributed by atoms with Crippen molar-refractivity contribution in [3.8, 4) is 0 Å². The van der Waals surface area contributed by atoms with Crippen molar-refractivity contribution in [2.24, 2.45) is 0 Å². The summed E-state index contributed by atoms with van der Waals surface area (Å²) < 4.78 is 33.7. The van der Waals surface area contributed by atoms with Gasteiger partial charge >= 0.3 is 0 Å². The van der Waals surface area contributed by atoms with Gasteiger partial charge < -0.3 is 9.64 Å². The highest BCUT2D eigenvalue weighted by Gasteiger charge is 2.26. The third kappa shape index (κ3) is 3.29. The highest BCUT2D eigenvalue weighted by atomic mass is 32.1. The monoisotopic (exact) mass is 375 g/mol. The van der Waals surface area contributed by atoms with Gasteiger partial charge in [0.1, 0.15) is 5.52 Å². The average Bonchev–Trinajstić information content (AvgIpc) is 3.25. The molecule has 0 spiro atoms. The molecule has 4 nitrogen and oxygen atoms in total. The summed E-state index contributed by atoms with van der Waals surface area (Å²) in [6, 6.07) is 4.68. The van der Waals surface area contributed by atoms with Gasteiger partial charge in [-0.2, -0.15) is 0 Å². The number of aryl methyl sites for hydroxylation is 2. The van der Waals surface area contributed by atoms with E-state index in [1.165, 1.54) is 0 Å². The molecule has 0 radical (unpaired) electrons. The number of fused-ring (bicyclic) bond motifs is 1. The Balaban J connectivity index is 1.54. The summed E-state index contributed by atoms with van der Waals surface area (Å²) in [4.78, 5) is 10.8. The van der Waals surface area contributed by atoms with Gasteiger partial charge in [-0.05, 0) is 38.5 Å². The first kappa shape index (κ1) is 17.3. The van der Waals surface area contributed by atoms with Gasteiger partial charge in [-0.15, -0.1) is 11.3 Å². The fourth-order valence-corrected chi connectivity index (χ4v) is 3.96. The van der Waals surface area contributed by atoms with Gasteiger partial charge in [0.2, 0.25) is 0 Å². The first-order valence-corrected chi connectivity index (χ1v) is 9.42. The summed E-state index contributed by atoms with van der Waals surface area (Å²) in [5.41, 5.74) is 2.58. The maximum absolute atomic E-state index is 14.1. The topological polar surface area (TPSA) is 38.2 Å². The normalized spacial score (nSPS) is 17.4. The molecule has 1 unspecified atom stereocenters. The van der Waals surface area contributed by atoms with E-state index in [9.17, 15) is 8.78 Å². The van der Waals surface area contributed by atoms with Crippen LogP contribution >= 0.6 is 11.3 Å². The van der Waals surface area contributed by atoms with Crippen LogP contribution in [0.1, 0.15) is 22.8 Å². The SMILES string of the molecule is Cc1cc(N2CCC(OCc3csc(C)n3)C2)c2ccc(F)c(F)c2n1. The minimum atomic E-state index is -0.890. The molecule has 1 fully saturated rings. The van der Waals surface area contributed by atoms with Crippen molar-refractivity contribution in [2.75, 3.05) is 18.0 Å². The molecule has 1 atom stereocenters. The van der Waals surface area contributed by atoms with E-state index in [1.807, 2.05) is 18.4 Å². The average molecular weight is 375 g/mol. The lowest BCUT2D eigenvalue weighted by Crippen LogP contribution is -2.23. The summed E-state index contributed by atoms with van der Waals surface area (Å²) in [5, 5.41) is 3.67. The zero-order valence-corrected chi connectivity index (χ0v) is 15.4. The van der Waals surface area contributed by atoms with Crippen LogP contribution in [0.25, 0.3) is 10.9 Å². The first-order chi connectivity index (χ1) is 12.5. The van der Waals surface area contributed by atoms with E-state index >= 15 is 0 Å². The van der Waals surface area contributed by atoms with Crippen molar-refractivity contribution in [1.29, 1.82) is 0 Å². The van der Waals surface area contributed by atoms with Crippen molar-refractivity contribution < 1.29 is 13.5 Å². The highest BCUT2D eigenvalue weighted by Crippen LogP contribution is 2.32. The van der Waals surface area contributed by atoms with Crippen LogP contribution in [0.5, 0.6) is 0 Å². The largest absolute Gasteiger partial charge is 0.370 e. The molecule has 4 rings (SSSR count). The van der Waals surface area contributed by atoms with E-state index in [2.05, 4.69) is 14.9 Å². The summed E-state index contributed by atoms with van der Waals surface area (Å²) >= 11 is 1.62. The second kappa shape index (κ2) is 6.89. The fourth-order valence-electron chi connectivity index (χ4n) is 3.36. The predicted molar refractivity (Wildman–Crippen MR) is 98.7 cm³/mol. The Bertz CT molecular complexity index is 959. The molecule has 0 amide bonds. The van der Waals surface area contributed by atoms with Crippen LogP contribution in [0, 0.1) is 25.5 Å². The van der Waals surface area contributed by atoms with Crippen LogP contribution in [0.4, 0.5) is 14.5 Å². The number of pyridine rings is 1. The molecule has 1 aliphatic heterocycles. The molecular formula is C19H19F2N3OS. The lowest BCUT2D eigenvalue weighted by Gasteiger charge is -2.21. The van der Waals surface area contributed by atoms with E-state index < -0.39 is 11.6 Å². The van der Waals surface area contributed by atoms with Crippen molar-refractivity contribution in [1.82, 2.24) is 9.97 Å². The Kier molecular flexibility index (Phi) is 4.58. The van der Waals surface area contributed by atoms with E-state index in [0.717, 1.165) is 35.4 Å². The molecule has 136 valence electrons. The number of rotatable bonds is 4. The van der Waals surface area contributed by atoms with Gasteiger partial charge in [0.15, 0.2) is 11.6 Å². The van der Waals surface area contributed by atoms with Crippen molar-refractivity contribution in [3.05, 3.63) is 51.6 Å². The smallest absolute Gasteiger partial charge is 0.185 e. The van der Waals surface area contributed by atoms with Gasteiger partial charge in [-0.25, -0.2) is 18.7 Å². The fraction of sp³-hybridized carbons (Fsp3) is 0.368. The number of thiazole rings is 1. The maximum Gasteiger partial charge on any atom is 0.185 e. The van der Waals surface area contributed by atoms with Crippen molar-refractivity contribution >= 4 is 27.9 Å². The van der Waals surface area contributed by atoms with E-state index in [4.69, 9.17) is 4.74 Å². The highest BCUT2D eigenvalue weighted by molar-refractivity contribution is 7.09. The van der Waals surface area contributed by atoms with Crippen LogP contribution in [0.15, 0.2) is 23.6 Å². The summed E-state index contributed by atoms with van der Waals surface area (Å²) in [6.07, 6.45) is 0.973. The molecule has 3 heterocycles. The minimum absolute atomic E-state index is 0.0855. The Morgan fingerprint density at radius 3 is 2.88 bits per heavy atom. The number of nitrogens with zero attached hydrogens (tertiary/aromatic N) is 3. The summed E-state index contributed by atoms with van der Waals surface area (Å²) in [6.45, 7) is 5.78. The van der Waals surface area contributed by atoms with E-state index in [-0.39, 0.29) is 11.6 Å². The molecule has 0 aliphatic carbocycles. The van der Waals surface area contributed by atoms with E-state index in [1.54, 1.807) is 24.3 Å². The molecule has 1 saturated heterocycles. The third-order valence-electron chi connectivity index (χ3n) is 4.60. The molecule has 1 aliphatic rings. The molecule has 0 N–H and O–H groups in total. The second-order valence-electron chi connectivity index (χ2n) is 6.57. The molecule has 3 aromatic rings. The van der Waals surface area contributed by atoms with Crippen LogP contribution in [-0.4, -0.2) is 29.2 Å². The number of hydrogen-bond donors (Lipinski definition) is 0. The standard InChI is InChI=1S/C19H19F2N3OS/c1-11-7-17(15-3-4-16(20)18(21)19(15)22-11)24-6-5-14(8-24)25-9-13-10-26-12(2)23-13/h3-4,7,10,14H,5-6,8-9H2,1-2H3. The Labute approximate surface area is 154 Å². The van der Waals surface area contributed by atoms with Crippen LogP contribution in [0.2, 0.25) is 0 Å². The molecule has 26 heavy (non-hydrogen) atoms. The zero-order chi connectivity index (χ0) is 18.3. The van der Waals surface area contributed by atoms with E-state index in [0.29, 0.717) is 24.2 Å². The number of benzene rings is 1. The van der Waals surface area contributed by atoms with Gasteiger partial charge in [-0.1, -0.05) is 0 Å². The molecule has 1 aromatic carbocycles. The molecular weight excluding hydrogens is 356 g/mol. The second-order valence-corrected chi connectivity index (χ2v) is 7.63. The summed E-state index contributed by atoms with van der Waals surface area (Å²) in [5.74, 6) is -1.76. The third-order valence-corrected chi connectivity index (χ3v) is 5.42. The Morgan fingerprint density at radius 2 is 2.12 bits per heavy atom. The number of hydrogen-bond acceptors (Lipinski definition) is 5. The maximum atomic E-state index is 14.1. The predicted octanol–water partition coefficient (Wildman–Crippen LogP) is 4.38. The van der Waals surface area contributed by atoms with Crippen molar-refractivity contribution in [3.63, 3.8) is 0 Å². The van der Waals surface area contributed by atoms with Crippen LogP contribution < -0.4 is 4.90 Å². The Morgan fingerprint density at radius 1 is 1.27 bits per heavy atom. The quantitative estimate of drug-likeness (QED) is 0.678. The number of aromatic nitrogens is 2. The van der Waals surface area contributed by atoms with Crippen LogP contribution in [-0.2, 0) is 11.3 Å². The minimum Gasteiger partial charge on any atom is -0.370 e.